The first-order chi connectivity index (χ1) is 13.2. The third-order valence-corrected chi connectivity index (χ3v) is 4.08. The first kappa shape index (κ1) is 21.7. The highest BCUT2D eigenvalue weighted by molar-refractivity contribution is 6.09. The van der Waals surface area contributed by atoms with Crippen LogP contribution in [0.4, 0.5) is 20.2 Å². The number of halogens is 2. The predicted molar refractivity (Wildman–Crippen MR) is 99.0 cm³/mol. The fraction of sp³-hybridized carbons (Fsp3) is 0.500. The summed E-state index contributed by atoms with van der Waals surface area (Å²) in [6.45, 7) is 4.39. The van der Waals surface area contributed by atoms with E-state index in [-0.39, 0.29) is 37.1 Å². The van der Waals surface area contributed by atoms with Gasteiger partial charge in [0, 0.05) is 17.8 Å². The highest BCUT2D eigenvalue weighted by Gasteiger charge is 2.27. The summed E-state index contributed by atoms with van der Waals surface area (Å²) in [6.07, 6.45) is -2.87. The standard InChI is InChI=1S/C18H24F2N4O4/c1-10(2)8-22-15(17(21)26)18(27)23-11-3-4-13(12(7-11)16(19)20)24-5-6-28-9-14(24)25/h3-4,7,10,15-16,22H,5-6,8-9H2,1-2H3,(H2,21,26)(H,23,27)/t15-/m1/s1. The highest BCUT2D eigenvalue weighted by atomic mass is 19.3. The molecule has 8 nitrogen and oxygen atoms in total. The Morgan fingerprint density at radius 1 is 1.32 bits per heavy atom. The molecule has 1 fully saturated rings. The lowest BCUT2D eigenvalue weighted by molar-refractivity contribution is -0.128. The van der Waals surface area contributed by atoms with Crippen LogP contribution in [0.5, 0.6) is 0 Å². The molecule has 1 heterocycles. The number of ether oxygens (including phenoxy) is 1. The van der Waals surface area contributed by atoms with E-state index >= 15 is 0 Å². The molecule has 0 bridgehead atoms. The number of primary amides is 1. The fourth-order valence-electron chi connectivity index (χ4n) is 2.72. The molecular formula is C18H24F2N4O4. The Morgan fingerprint density at radius 2 is 2.04 bits per heavy atom. The maximum Gasteiger partial charge on any atom is 0.265 e. The molecule has 154 valence electrons. The van der Waals surface area contributed by atoms with E-state index in [1.54, 1.807) is 0 Å². The number of morpholine rings is 1. The van der Waals surface area contributed by atoms with Gasteiger partial charge in [-0.3, -0.25) is 19.7 Å². The Hall–Kier alpha value is -2.59. The molecule has 28 heavy (non-hydrogen) atoms. The number of carbonyl (C=O) groups excluding carboxylic acids is 3. The lowest BCUT2D eigenvalue weighted by atomic mass is 10.1. The second-order valence-corrected chi connectivity index (χ2v) is 6.80. The first-order valence-electron chi connectivity index (χ1n) is 8.84. The van der Waals surface area contributed by atoms with Gasteiger partial charge >= 0.3 is 0 Å². The molecule has 2 rings (SSSR count). The lowest BCUT2D eigenvalue weighted by Crippen LogP contribution is -2.50. The van der Waals surface area contributed by atoms with Crippen LogP contribution in [0.25, 0.3) is 0 Å². The average molecular weight is 398 g/mol. The van der Waals surface area contributed by atoms with Crippen LogP contribution in [0.3, 0.4) is 0 Å². The van der Waals surface area contributed by atoms with Crippen LogP contribution in [-0.2, 0) is 19.1 Å². The van der Waals surface area contributed by atoms with Crippen molar-refractivity contribution in [1.82, 2.24) is 5.32 Å². The van der Waals surface area contributed by atoms with Crippen molar-refractivity contribution in [1.29, 1.82) is 0 Å². The number of rotatable bonds is 8. The van der Waals surface area contributed by atoms with Crippen molar-refractivity contribution in [2.75, 3.05) is 36.5 Å². The second-order valence-electron chi connectivity index (χ2n) is 6.80. The smallest absolute Gasteiger partial charge is 0.265 e. The Balaban J connectivity index is 2.21. The molecule has 0 unspecified atom stereocenters. The Morgan fingerprint density at radius 3 is 2.61 bits per heavy atom. The van der Waals surface area contributed by atoms with E-state index in [1.807, 2.05) is 13.8 Å². The number of nitrogens with one attached hydrogen (secondary N) is 2. The predicted octanol–water partition coefficient (Wildman–Crippen LogP) is 1.03. The third kappa shape index (κ3) is 5.46. The van der Waals surface area contributed by atoms with Gasteiger partial charge in [0.2, 0.25) is 5.91 Å². The third-order valence-electron chi connectivity index (χ3n) is 4.08. The molecule has 1 aliphatic heterocycles. The summed E-state index contributed by atoms with van der Waals surface area (Å²) in [5.41, 5.74) is 4.98. The van der Waals surface area contributed by atoms with Gasteiger partial charge in [-0.05, 0) is 30.7 Å². The highest BCUT2D eigenvalue weighted by Crippen LogP contribution is 2.33. The number of alkyl halides is 2. The van der Waals surface area contributed by atoms with Gasteiger partial charge in [-0.15, -0.1) is 0 Å². The molecule has 0 radical (unpaired) electrons. The minimum atomic E-state index is -2.87. The summed E-state index contributed by atoms with van der Waals surface area (Å²) < 4.78 is 32.1. The fourth-order valence-corrected chi connectivity index (χ4v) is 2.72. The summed E-state index contributed by atoms with van der Waals surface area (Å²) in [6, 6.07) is 2.52. The van der Waals surface area contributed by atoms with Gasteiger partial charge in [-0.2, -0.15) is 0 Å². The van der Waals surface area contributed by atoms with Crippen LogP contribution >= 0.6 is 0 Å². The molecule has 1 aliphatic rings. The first-order valence-corrected chi connectivity index (χ1v) is 8.84. The second kappa shape index (κ2) is 9.56. The van der Waals surface area contributed by atoms with Gasteiger partial charge in [-0.25, -0.2) is 8.78 Å². The molecule has 10 heteroatoms. The van der Waals surface area contributed by atoms with E-state index in [2.05, 4.69) is 10.6 Å². The number of amides is 3. The Bertz CT molecular complexity index is 742. The van der Waals surface area contributed by atoms with E-state index in [0.717, 1.165) is 6.07 Å². The number of nitrogens with zero attached hydrogens (tertiary/aromatic N) is 1. The van der Waals surface area contributed by atoms with Crippen LogP contribution in [0, 0.1) is 5.92 Å². The maximum atomic E-state index is 13.6. The van der Waals surface area contributed by atoms with Crippen LogP contribution in [0.15, 0.2) is 18.2 Å². The zero-order valence-corrected chi connectivity index (χ0v) is 15.7. The Kier molecular flexibility index (Phi) is 7.41. The zero-order chi connectivity index (χ0) is 20.8. The van der Waals surface area contributed by atoms with Gasteiger partial charge < -0.3 is 20.7 Å². The monoisotopic (exact) mass is 398 g/mol. The summed E-state index contributed by atoms with van der Waals surface area (Å²) in [4.78, 5) is 37.1. The number of hydrogen-bond donors (Lipinski definition) is 3. The SMILES string of the molecule is CC(C)CN[C@H](C(N)=O)C(=O)Nc1ccc(N2CCOCC2=O)c(C(F)F)c1. The van der Waals surface area contributed by atoms with E-state index in [9.17, 15) is 23.2 Å². The number of hydrogen-bond acceptors (Lipinski definition) is 5. The molecule has 1 saturated heterocycles. The maximum absolute atomic E-state index is 13.6. The van der Waals surface area contributed by atoms with Crippen LogP contribution < -0.4 is 21.3 Å². The quantitative estimate of drug-likeness (QED) is 0.566. The van der Waals surface area contributed by atoms with Crippen LogP contribution in [0.2, 0.25) is 0 Å². The largest absolute Gasteiger partial charge is 0.370 e. The number of benzene rings is 1. The van der Waals surface area contributed by atoms with Gasteiger partial charge in [0.25, 0.3) is 18.2 Å². The summed E-state index contributed by atoms with van der Waals surface area (Å²) in [5.74, 6) is -1.87. The number of carbonyl (C=O) groups is 3. The van der Waals surface area contributed by atoms with Gasteiger partial charge in [0.15, 0.2) is 6.04 Å². The van der Waals surface area contributed by atoms with E-state index in [4.69, 9.17) is 10.5 Å². The van der Waals surface area contributed by atoms with E-state index in [1.165, 1.54) is 17.0 Å². The topological polar surface area (TPSA) is 114 Å². The normalized spacial score (nSPS) is 15.8. The molecule has 1 aromatic rings. The van der Waals surface area contributed by atoms with Crippen molar-refractivity contribution in [2.24, 2.45) is 11.7 Å². The minimum Gasteiger partial charge on any atom is -0.370 e. The summed E-state index contributed by atoms with van der Waals surface area (Å²) in [5, 5.41) is 5.16. The van der Waals surface area contributed by atoms with Crippen molar-refractivity contribution in [3.63, 3.8) is 0 Å². The van der Waals surface area contributed by atoms with Crippen molar-refractivity contribution in [3.05, 3.63) is 23.8 Å². The molecular weight excluding hydrogens is 374 g/mol. The van der Waals surface area contributed by atoms with Gasteiger partial charge in [-0.1, -0.05) is 13.8 Å². The van der Waals surface area contributed by atoms with Crippen LogP contribution in [-0.4, -0.2) is 50.1 Å². The van der Waals surface area contributed by atoms with E-state index in [0.29, 0.717) is 6.54 Å². The lowest BCUT2D eigenvalue weighted by Gasteiger charge is -2.29. The molecule has 1 atom stereocenters. The summed E-state index contributed by atoms with van der Waals surface area (Å²) >= 11 is 0. The molecule has 0 saturated carbocycles. The molecule has 1 aromatic carbocycles. The van der Waals surface area contributed by atoms with Crippen molar-refractivity contribution in [2.45, 2.75) is 26.3 Å². The zero-order valence-electron chi connectivity index (χ0n) is 15.7. The average Bonchev–Trinajstić information content (AvgIpc) is 2.61. The molecule has 0 aliphatic carbocycles. The Labute approximate surface area is 161 Å². The van der Waals surface area contributed by atoms with E-state index < -0.39 is 35.8 Å². The van der Waals surface area contributed by atoms with Crippen molar-refractivity contribution < 1.29 is 27.9 Å². The minimum absolute atomic E-state index is 0.0608. The van der Waals surface area contributed by atoms with Gasteiger partial charge in [0.05, 0.1) is 12.3 Å². The summed E-state index contributed by atoms with van der Waals surface area (Å²) in [7, 11) is 0. The van der Waals surface area contributed by atoms with Crippen LogP contribution in [0.1, 0.15) is 25.8 Å². The van der Waals surface area contributed by atoms with Crippen molar-refractivity contribution in [3.8, 4) is 0 Å². The molecule has 0 spiro atoms. The molecule has 4 N–H and O–H groups in total. The number of anilines is 2. The molecule has 3 amide bonds. The van der Waals surface area contributed by atoms with Crippen molar-refractivity contribution >= 4 is 29.1 Å². The van der Waals surface area contributed by atoms with Gasteiger partial charge in [0.1, 0.15) is 6.61 Å². The number of nitrogens with two attached hydrogens (primary N) is 1. The molecule has 0 aromatic heterocycles.